The summed E-state index contributed by atoms with van der Waals surface area (Å²) in [6, 6.07) is 12.4. The van der Waals surface area contributed by atoms with Crippen LogP contribution in [-0.4, -0.2) is 19.1 Å². The van der Waals surface area contributed by atoms with E-state index in [1.54, 1.807) is 5.01 Å². The lowest BCUT2D eigenvalue weighted by Crippen LogP contribution is -2.29. The van der Waals surface area contributed by atoms with Gasteiger partial charge in [0.15, 0.2) is 0 Å². The van der Waals surface area contributed by atoms with Crippen molar-refractivity contribution in [1.29, 1.82) is 0 Å². The first-order valence-corrected chi connectivity index (χ1v) is 7.39. The summed E-state index contributed by atoms with van der Waals surface area (Å²) in [6.07, 6.45) is 4.40. The van der Waals surface area contributed by atoms with Crippen LogP contribution in [0, 0.1) is 0 Å². The van der Waals surface area contributed by atoms with Crippen molar-refractivity contribution in [2.45, 2.75) is 25.3 Å². The molecule has 1 saturated carbocycles. The molecule has 3 rings (SSSR count). The molecule has 1 heterocycles. The number of nitrogens with zero attached hydrogens (tertiary/aromatic N) is 3. The summed E-state index contributed by atoms with van der Waals surface area (Å²) in [5.74, 6) is 6.71. The molecule has 4 heteroatoms. The molecule has 0 amide bonds. The zero-order chi connectivity index (χ0) is 14.8. The van der Waals surface area contributed by atoms with Gasteiger partial charge in [-0.2, -0.15) is 0 Å². The highest BCUT2D eigenvalue weighted by atomic mass is 15.4. The summed E-state index contributed by atoms with van der Waals surface area (Å²) in [5.41, 5.74) is 4.77. The Morgan fingerprint density at radius 2 is 1.95 bits per heavy atom. The normalized spacial score (nSPS) is 14.0. The molecule has 1 aromatic heterocycles. The van der Waals surface area contributed by atoms with Gasteiger partial charge in [0.1, 0.15) is 0 Å². The summed E-state index contributed by atoms with van der Waals surface area (Å²) < 4.78 is 0. The second kappa shape index (κ2) is 5.74. The van der Waals surface area contributed by atoms with E-state index in [0.29, 0.717) is 5.92 Å². The summed E-state index contributed by atoms with van der Waals surface area (Å²) in [6.45, 7) is 0.783. The molecule has 1 fully saturated rings. The van der Waals surface area contributed by atoms with Crippen molar-refractivity contribution in [2.24, 2.45) is 5.84 Å². The van der Waals surface area contributed by atoms with E-state index >= 15 is 0 Å². The molecule has 21 heavy (non-hydrogen) atoms. The van der Waals surface area contributed by atoms with Crippen molar-refractivity contribution >= 4 is 11.4 Å². The number of benzene rings is 1. The number of hydrogen-bond donors (Lipinski definition) is 1. The molecule has 0 radical (unpaired) electrons. The van der Waals surface area contributed by atoms with Crippen LogP contribution in [0.25, 0.3) is 0 Å². The Balaban J connectivity index is 1.95. The van der Waals surface area contributed by atoms with Gasteiger partial charge in [-0.25, -0.2) is 5.84 Å². The summed E-state index contributed by atoms with van der Waals surface area (Å²) >= 11 is 0. The first-order valence-electron chi connectivity index (χ1n) is 7.39. The summed E-state index contributed by atoms with van der Waals surface area (Å²) in [4.78, 5) is 6.68. The number of aromatic nitrogens is 1. The summed E-state index contributed by atoms with van der Waals surface area (Å²) in [7, 11) is 4.01. The molecule has 1 aromatic carbocycles. The Hall–Kier alpha value is -2.07. The van der Waals surface area contributed by atoms with Crippen LogP contribution < -0.4 is 15.8 Å². The van der Waals surface area contributed by atoms with Gasteiger partial charge in [-0.3, -0.25) is 4.98 Å². The van der Waals surface area contributed by atoms with Crippen molar-refractivity contribution in [3.05, 3.63) is 53.9 Å². The van der Waals surface area contributed by atoms with E-state index in [2.05, 4.69) is 41.2 Å². The molecule has 0 atom stereocenters. The van der Waals surface area contributed by atoms with Gasteiger partial charge in [0, 0.05) is 20.3 Å². The Morgan fingerprint density at radius 3 is 2.57 bits per heavy atom. The van der Waals surface area contributed by atoms with Crippen molar-refractivity contribution in [3.8, 4) is 0 Å². The van der Waals surface area contributed by atoms with Gasteiger partial charge in [-0.1, -0.05) is 18.2 Å². The van der Waals surface area contributed by atoms with Crippen LogP contribution in [0.1, 0.15) is 30.0 Å². The lowest BCUT2D eigenvalue weighted by molar-refractivity contribution is 0.865. The summed E-state index contributed by atoms with van der Waals surface area (Å²) in [5, 5.41) is 1.70. The number of hydrazine groups is 1. The monoisotopic (exact) mass is 282 g/mol. The maximum Gasteiger partial charge on any atom is 0.0750 e. The van der Waals surface area contributed by atoms with E-state index in [1.165, 1.54) is 24.1 Å². The molecule has 0 spiro atoms. The van der Waals surface area contributed by atoms with E-state index in [4.69, 9.17) is 5.84 Å². The molecule has 0 unspecified atom stereocenters. The molecule has 0 saturated heterocycles. The Morgan fingerprint density at radius 1 is 1.14 bits per heavy atom. The first kappa shape index (κ1) is 13.9. The average molecular weight is 282 g/mol. The SMILES string of the molecule is CN(N)c1cccc(C2CC2)c1N(C)Cc1ccccn1. The molecule has 2 N–H and O–H groups in total. The minimum Gasteiger partial charge on any atom is -0.367 e. The molecule has 4 nitrogen and oxygen atoms in total. The fraction of sp³-hybridized carbons (Fsp3) is 0.353. The fourth-order valence-corrected chi connectivity index (χ4v) is 2.79. The van der Waals surface area contributed by atoms with Gasteiger partial charge in [-0.05, 0) is 42.5 Å². The van der Waals surface area contributed by atoms with Gasteiger partial charge < -0.3 is 9.91 Å². The topological polar surface area (TPSA) is 45.4 Å². The van der Waals surface area contributed by atoms with E-state index < -0.39 is 0 Å². The third-order valence-electron chi connectivity index (χ3n) is 3.95. The quantitative estimate of drug-likeness (QED) is 0.676. The number of nitrogens with two attached hydrogens (primary N) is 1. The third kappa shape index (κ3) is 3.00. The van der Waals surface area contributed by atoms with Gasteiger partial charge in [-0.15, -0.1) is 0 Å². The predicted octanol–water partition coefficient (Wildman–Crippen LogP) is 2.91. The maximum absolute atomic E-state index is 6.03. The Kier molecular flexibility index (Phi) is 3.80. The number of pyridine rings is 1. The standard InChI is InChI=1S/C17H22N4/c1-20(12-14-6-3-4-11-19-14)17-15(13-9-10-13)7-5-8-16(17)21(2)18/h3-8,11,13H,9-10,12,18H2,1-2H3. The van der Waals surface area contributed by atoms with E-state index in [-0.39, 0.29) is 0 Å². The highest BCUT2D eigenvalue weighted by Crippen LogP contribution is 2.47. The average Bonchev–Trinajstić information content (AvgIpc) is 3.32. The highest BCUT2D eigenvalue weighted by molar-refractivity contribution is 5.75. The molecule has 110 valence electrons. The van der Waals surface area contributed by atoms with E-state index in [1.807, 2.05) is 25.4 Å². The first-order chi connectivity index (χ1) is 10.2. The van der Waals surface area contributed by atoms with Crippen molar-refractivity contribution < 1.29 is 0 Å². The zero-order valence-electron chi connectivity index (χ0n) is 12.7. The lowest BCUT2D eigenvalue weighted by atomic mass is 10.1. The van der Waals surface area contributed by atoms with Crippen LogP contribution >= 0.6 is 0 Å². The van der Waals surface area contributed by atoms with E-state index in [0.717, 1.165) is 17.9 Å². The number of rotatable bonds is 5. The molecule has 1 aliphatic rings. The Labute approximate surface area is 126 Å². The highest BCUT2D eigenvalue weighted by Gasteiger charge is 2.28. The van der Waals surface area contributed by atoms with Crippen LogP contribution in [-0.2, 0) is 6.54 Å². The molecular formula is C17H22N4. The molecule has 0 bridgehead atoms. The lowest BCUT2D eigenvalue weighted by Gasteiger charge is -2.28. The zero-order valence-corrected chi connectivity index (χ0v) is 12.7. The van der Waals surface area contributed by atoms with Crippen molar-refractivity contribution in [1.82, 2.24) is 4.98 Å². The van der Waals surface area contributed by atoms with E-state index in [9.17, 15) is 0 Å². The van der Waals surface area contributed by atoms with Gasteiger partial charge in [0.2, 0.25) is 0 Å². The van der Waals surface area contributed by atoms with Gasteiger partial charge in [0.25, 0.3) is 0 Å². The second-order valence-electron chi connectivity index (χ2n) is 5.78. The van der Waals surface area contributed by atoms with Crippen molar-refractivity contribution in [3.63, 3.8) is 0 Å². The smallest absolute Gasteiger partial charge is 0.0750 e. The predicted molar refractivity (Wildman–Crippen MR) is 87.4 cm³/mol. The number of para-hydroxylation sites is 1. The van der Waals surface area contributed by atoms with Gasteiger partial charge >= 0.3 is 0 Å². The van der Waals surface area contributed by atoms with Crippen LogP contribution in [0.3, 0.4) is 0 Å². The molecular weight excluding hydrogens is 260 g/mol. The molecule has 1 aliphatic carbocycles. The van der Waals surface area contributed by atoms with Crippen LogP contribution in [0.5, 0.6) is 0 Å². The third-order valence-corrected chi connectivity index (χ3v) is 3.95. The molecule has 0 aliphatic heterocycles. The fourth-order valence-electron chi connectivity index (χ4n) is 2.79. The second-order valence-corrected chi connectivity index (χ2v) is 5.78. The van der Waals surface area contributed by atoms with Gasteiger partial charge in [0.05, 0.1) is 23.6 Å². The minimum absolute atomic E-state index is 0.686. The number of anilines is 2. The van der Waals surface area contributed by atoms with Crippen molar-refractivity contribution in [2.75, 3.05) is 24.0 Å². The van der Waals surface area contributed by atoms with Crippen LogP contribution in [0.4, 0.5) is 11.4 Å². The van der Waals surface area contributed by atoms with Crippen LogP contribution in [0.15, 0.2) is 42.6 Å². The Bertz CT molecular complexity index is 585. The minimum atomic E-state index is 0.686. The largest absolute Gasteiger partial charge is 0.367 e. The molecule has 2 aromatic rings. The maximum atomic E-state index is 6.03. The number of hydrogen-bond acceptors (Lipinski definition) is 4. The van der Waals surface area contributed by atoms with Crippen LogP contribution in [0.2, 0.25) is 0 Å².